The molecule has 2 rings (SSSR count). The van der Waals surface area contributed by atoms with E-state index in [1.54, 1.807) is 24.3 Å². The van der Waals surface area contributed by atoms with E-state index < -0.39 is 25.1 Å². The van der Waals surface area contributed by atoms with E-state index in [0.29, 0.717) is 11.3 Å². The Morgan fingerprint density at radius 2 is 1.68 bits per heavy atom. The van der Waals surface area contributed by atoms with Crippen molar-refractivity contribution in [1.29, 1.82) is 0 Å². The summed E-state index contributed by atoms with van der Waals surface area (Å²) in [6.07, 6.45) is -0.0707. The van der Waals surface area contributed by atoms with Crippen molar-refractivity contribution in [1.82, 2.24) is 0 Å². The number of esters is 1. The Balaban J connectivity index is 1.83. The molecule has 0 bridgehead atoms. The summed E-state index contributed by atoms with van der Waals surface area (Å²) in [7, 11) is 0. The predicted molar refractivity (Wildman–Crippen MR) is 97.1 cm³/mol. The lowest BCUT2D eigenvalue weighted by atomic mass is 10.1. The Morgan fingerprint density at radius 3 is 2.32 bits per heavy atom. The first-order valence-corrected chi connectivity index (χ1v) is 8.19. The second kappa shape index (κ2) is 10.0. The van der Waals surface area contributed by atoms with Crippen LogP contribution in [0, 0.1) is 0 Å². The van der Waals surface area contributed by atoms with Crippen molar-refractivity contribution in [2.24, 2.45) is 0 Å². The molecular formula is C19H18F2N2O5. The van der Waals surface area contributed by atoms with E-state index in [2.05, 4.69) is 15.4 Å². The molecule has 28 heavy (non-hydrogen) atoms. The van der Waals surface area contributed by atoms with Crippen molar-refractivity contribution in [3.05, 3.63) is 54.1 Å². The summed E-state index contributed by atoms with van der Waals surface area (Å²) in [4.78, 5) is 34.7. The number of amides is 2. The molecule has 0 fully saturated rings. The minimum absolute atomic E-state index is 0.0393. The summed E-state index contributed by atoms with van der Waals surface area (Å²) < 4.78 is 33.9. The van der Waals surface area contributed by atoms with Crippen LogP contribution in [0.25, 0.3) is 0 Å². The van der Waals surface area contributed by atoms with Crippen molar-refractivity contribution >= 4 is 29.2 Å². The molecule has 0 heterocycles. The smallest absolute Gasteiger partial charge is 0.387 e. The van der Waals surface area contributed by atoms with Crippen molar-refractivity contribution in [2.45, 2.75) is 20.0 Å². The van der Waals surface area contributed by atoms with Gasteiger partial charge in [0.05, 0.1) is 12.1 Å². The van der Waals surface area contributed by atoms with Crippen molar-refractivity contribution in [3.63, 3.8) is 0 Å². The molecule has 2 N–H and O–H groups in total. The SMILES string of the molecule is CC(=O)Nc1ccc(CC(=O)OCC(=O)Nc2ccccc2OC(F)F)cc1. The number of alkyl halides is 2. The van der Waals surface area contributed by atoms with E-state index in [1.165, 1.54) is 31.2 Å². The van der Waals surface area contributed by atoms with Gasteiger partial charge in [0.15, 0.2) is 6.61 Å². The van der Waals surface area contributed by atoms with E-state index in [0.717, 1.165) is 0 Å². The Morgan fingerprint density at radius 1 is 1.00 bits per heavy atom. The molecule has 0 aliphatic rings. The van der Waals surface area contributed by atoms with Gasteiger partial charge in [-0.25, -0.2) is 0 Å². The number of carbonyl (C=O) groups is 3. The quantitative estimate of drug-likeness (QED) is 0.674. The molecule has 148 valence electrons. The predicted octanol–water partition coefficient (Wildman–Crippen LogP) is 2.97. The van der Waals surface area contributed by atoms with E-state index in [-0.39, 0.29) is 23.8 Å². The third-order valence-corrected chi connectivity index (χ3v) is 3.36. The fourth-order valence-electron chi connectivity index (χ4n) is 2.23. The first kappa shape index (κ1) is 20.8. The minimum Gasteiger partial charge on any atom is -0.455 e. The summed E-state index contributed by atoms with van der Waals surface area (Å²) in [6.45, 7) is -2.23. The molecule has 7 nitrogen and oxygen atoms in total. The van der Waals surface area contributed by atoms with Crippen LogP contribution in [0.4, 0.5) is 20.2 Å². The third-order valence-electron chi connectivity index (χ3n) is 3.36. The fourth-order valence-corrected chi connectivity index (χ4v) is 2.23. The van der Waals surface area contributed by atoms with Crippen LogP contribution < -0.4 is 15.4 Å². The zero-order valence-corrected chi connectivity index (χ0v) is 14.9. The van der Waals surface area contributed by atoms with Gasteiger partial charge in [-0.1, -0.05) is 24.3 Å². The Kier molecular flexibility index (Phi) is 7.44. The molecule has 2 amide bonds. The average molecular weight is 392 g/mol. The number of halogens is 2. The van der Waals surface area contributed by atoms with Crippen LogP contribution in [0.5, 0.6) is 5.75 Å². The van der Waals surface area contributed by atoms with Crippen LogP contribution in [0.3, 0.4) is 0 Å². The Bertz CT molecular complexity index is 840. The fraction of sp³-hybridized carbons (Fsp3) is 0.211. The number of anilines is 2. The van der Waals surface area contributed by atoms with Gasteiger partial charge in [0.1, 0.15) is 5.75 Å². The van der Waals surface area contributed by atoms with Crippen molar-refractivity contribution in [2.75, 3.05) is 17.2 Å². The highest BCUT2D eigenvalue weighted by molar-refractivity contribution is 5.94. The number of para-hydroxylation sites is 2. The lowest BCUT2D eigenvalue weighted by Gasteiger charge is -2.11. The standard InChI is InChI=1S/C19H18F2N2O5/c1-12(24)22-14-8-6-13(7-9-14)10-18(26)27-11-17(25)23-15-4-2-3-5-16(15)28-19(20)21/h2-9,19H,10-11H2,1H3,(H,22,24)(H,23,25). The second-order valence-electron chi connectivity index (χ2n) is 5.64. The summed E-state index contributed by atoms with van der Waals surface area (Å²) in [5.41, 5.74) is 1.27. The van der Waals surface area contributed by atoms with Crippen molar-refractivity contribution in [3.8, 4) is 5.75 Å². The van der Waals surface area contributed by atoms with E-state index in [9.17, 15) is 23.2 Å². The highest BCUT2D eigenvalue weighted by Crippen LogP contribution is 2.25. The van der Waals surface area contributed by atoms with Crippen LogP contribution in [-0.2, 0) is 25.5 Å². The topological polar surface area (TPSA) is 93.7 Å². The lowest BCUT2D eigenvalue weighted by molar-refractivity contribution is -0.146. The maximum Gasteiger partial charge on any atom is 0.387 e. The minimum atomic E-state index is -3.03. The summed E-state index contributed by atoms with van der Waals surface area (Å²) in [5.74, 6) is -1.74. The number of hydrogen-bond acceptors (Lipinski definition) is 5. The van der Waals surface area contributed by atoms with E-state index in [4.69, 9.17) is 4.74 Å². The number of benzene rings is 2. The van der Waals surface area contributed by atoms with Gasteiger partial charge in [0, 0.05) is 12.6 Å². The number of nitrogens with one attached hydrogen (secondary N) is 2. The monoisotopic (exact) mass is 392 g/mol. The molecule has 0 radical (unpaired) electrons. The van der Waals surface area contributed by atoms with Gasteiger partial charge >= 0.3 is 12.6 Å². The maximum absolute atomic E-state index is 12.4. The van der Waals surface area contributed by atoms with Gasteiger partial charge < -0.3 is 20.1 Å². The van der Waals surface area contributed by atoms with Crippen LogP contribution in [-0.4, -0.2) is 31.0 Å². The molecular weight excluding hydrogens is 374 g/mol. The van der Waals surface area contributed by atoms with Crippen LogP contribution in [0.1, 0.15) is 12.5 Å². The van der Waals surface area contributed by atoms with E-state index in [1.807, 2.05) is 0 Å². The van der Waals surface area contributed by atoms with Crippen LogP contribution in [0.15, 0.2) is 48.5 Å². The summed E-state index contributed by atoms with van der Waals surface area (Å²) in [6, 6.07) is 12.2. The van der Waals surface area contributed by atoms with Gasteiger partial charge in [-0.3, -0.25) is 14.4 Å². The normalized spacial score (nSPS) is 10.3. The van der Waals surface area contributed by atoms with Gasteiger partial charge in [0.2, 0.25) is 5.91 Å². The van der Waals surface area contributed by atoms with Crippen LogP contribution >= 0.6 is 0 Å². The molecule has 0 unspecified atom stereocenters. The Labute approximate surface area is 159 Å². The van der Waals surface area contributed by atoms with Gasteiger partial charge in [-0.15, -0.1) is 0 Å². The third kappa shape index (κ3) is 7.02. The first-order valence-electron chi connectivity index (χ1n) is 8.19. The molecule has 9 heteroatoms. The summed E-state index contributed by atoms with van der Waals surface area (Å²) in [5, 5.41) is 4.95. The molecule has 0 aliphatic carbocycles. The van der Waals surface area contributed by atoms with Gasteiger partial charge in [-0.2, -0.15) is 8.78 Å². The highest BCUT2D eigenvalue weighted by Gasteiger charge is 2.13. The van der Waals surface area contributed by atoms with E-state index >= 15 is 0 Å². The molecule has 2 aromatic rings. The molecule has 0 aliphatic heterocycles. The zero-order chi connectivity index (χ0) is 20.5. The molecule has 0 spiro atoms. The number of carbonyl (C=O) groups excluding carboxylic acids is 3. The van der Waals surface area contributed by atoms with Crippen molar-refractivity contribution < 1.29 is 32.6 Å². The number of rotatable bonds is 8. The van der Waals surface area contributed by atoms with Gasteiger partial charge in [-0.05, 0) is 29.8 Å². The second-order valence-corrected chi connectivity index (χ2v) is 5.64. The zero-order valence-electron chi connectivity index (χ0n) is 14.9. The highest BCUT2D eigenvalue weighted by atomic mass is 19.3. The Hall–Kier alpha value is -3.49. The molecule has 0 saturated heterocycles. The molecule has 0 atom stereocenters. The first-order chi connectivity index (χ1) is 13.3. The average Bonchev–Trinajstić information content (AvgIpc) is 2.62. The van der Waals surface area contributed by atoms with Crippen LogP contribution in [0.2, 0.25) is 0 Å². The maximum atomic E-state index is 12.4. The molecule has 0 saturated carbocycles. The summed E-state index contributed by atoms with van der Waals surface area (Å²) >= 11 is 0. The molecule has 2 aromatic carbocycles. The lowest BCUT2D eigenvalue weighted by Crippen LogP contribution is -2.22. The van der Waals surface area contributed by atoms with Gasteiger partial charge in [0.25, 0.3) is 5.91 Å². The number of ether oxygens (including phenoxy) is 2. The molecule has 0 aromatic heterocycles. The number of hydrogen-bond donors (Lipinski definition) is 2. The largest absolute Gasteiger partial charge is 0.455 e.